The predicted molar refractivity (Wildman–Crippen MR) is 138 cm³/mol. The molecule has 0 heterocycles. The van der Waals surface area contributed by atoms with Gasteiger partial charge in [-0.3, -0.25) is 0 Å². The maximum Gasteiger partial charge on any atom is 0.135 e. The molecule has 3 nitrogen and oxygen atoms in total. The highest BCUT2D eigenvalue weighted by molar-refractivity contribution is 6.11. The maximum atomic E-state index is 6.43. The van der Waals surface area contributed by atoms with Crippen molar-refractivity contribution in [1.82, 2.24) is 0 Å². The number of fused-ring (bicyclic) bond motifs is 2. The van der Waals surface area contributed by atoms with Gasteiger partial charge in [0.1, 0.15) is 23.0 Å². The lowest BCUT2D eigenvalue weighted by atomic mass is 10.00. The van der Waals surface area contributed by atoms with E-state index < -0.39 is 0 Å². The van der Waals surface area contributed by atoms with E-state index in [0.717, 1.165) is 63.8 Å². The third kappa shape index (κ3) is 5.60. The Labute approximate surface area is 197 Å². The van der Waals surface area contributed by atoms with Crippen molar-refractivity contribution in [1.29, 1.82) is 0 Å². The Kier molecular flexibility index (Phi) is 8.08. The molecule has 3 heteroatoms. The predicted octanol–water partition coefficient (Wildman–Crippen LogP) is 8.92. The Balaban J connectivity index is 1.80. The summed E-state index contributed by atoms with van der Waals surface area (Å²) in [4.78, 5) is 0. The summed E-state index contributed by atoms with van der Waals surface area (Å²) in [5, 5.41) is 4.28. The molecule has 4 aromatic rings. The Hall–Kier alpha value is -3.20. The molecular weight excluding hydrogens is 408 g/mol. The lowest BCUT2D eigenvalue weighted by molar-refractivity contribution is 0.308. The van der Waals surface area contributed by atoms with Crippen molar-refractivity contribution in [2.24, 2.45) is 0 Å². The van der Waals surface area contributed by atoms with Crippen LogP contribution in [0.15, 0.2) is 72.8 Å². The molecule has 0 aliphatic heterocycles. The van der Waals surface area contributed by atoms with Crippen molar-refractivity contribution in [3.8, 4) is 23.0 Å². The number of rotatable bonds is 12. The van der Waals surface area contributed by atoms with E-state index in [4.69, 9.17) is 14.2 Å². The summed E-state index contributed by atoms with van der Waals surface area (Å²) in [5.74, 6) is 3.46. The molecule has 0 amide bonds. The molecule has 0 N–H and O–H groups in total. The quantitative estimate of drug-likeness (QED) is 0.162. The van der Waals surface area contributed by atoms with Crippen molar-refractivity contribution < 1.29 is 14.2 Å². The van der Waals surface area contributed by atoms with Crippen LogP contribution in [0, 0.1) is 0 Å². The highest BCUT2D eigenvalue weighted by Crippen LogP contribution is 2.44. The molecule has 0 bridgehead atoms. The standard InChI is InChI=1S/C30H34O3/c1-3-5-12-20-31-29-25-16-10-11-17-26(25)30(32-21-13-6-4-2)28-22-24(18-19-27(28)29)33-23-14-8-7-9-15-23/h7-11,14-19,22H,3-6,12-13,20-21H2,1-2H3. The van der Waals surface area contributed by atoms with Crippen LogP contribution < -0.4 is 14.2 Å². The fourth-order valence-corrected chi connectivity index (χ4v) is 4.13. The number of para-hydroxylation sites is 1. The van der Waals surface area contributed by atoms with Crippen molar-refractivity contribution in [2.45, 2.75) is 52.4 Å². The van der Waals surface area contributed by atoms with Crippen LogP contribution in [0.25, 0.3) is 21.5 Å². The van der Waals surface area contributed by atoms with Gasteiger partial charge in [-0.2, -0.15) is 0 Å². The molecule has 0 atom stereocenters. The zero-order valence-corrected chi connectivity index (χ0v) is 19.8. The van der Waals surface area contributed by atoms with Crippen LogP contribution in [0.2, 0.25) is 0 Å². The van der Waals surface area contributed by atoms with Crippen LogP contribution in [0.3, 0.4) is 0 Å². The summed E-state index contributed by atoms with van der Waals surface area (Å²) in [5.41, 5.74) is 0. The molecule has 0 aliphatic carbocycles. The largest absolute Gasteiger partial charge is 0.492 e. The molecule has 0 saturated carbocycles. The van der Waals surface area contributed by atoms with E-state index in [1.165, 1.54) is 19.3 Å². The van der Waals surface area contributed by atoms with Crippen LogP contribution in [0.1, 0.15) is 52.4 Å². The molecule has 0 fully saturated rings. The van der Waals surface area contributed by atoms with E-state index >= 15 is 0 Å². The minimum atomic E-state index is 0.702. The number of unbranched alkanes of at least 4 members (excludes halogenated alkanes) is 4. The van der Waals surface area contributed by atoms with E-state index in [1.54, 1.807) is 0 Å². The molecule has 4 rings (SSSR count). The van der Waals surface area contributed by atoms with Crippen LogP contribution in [-0.2, 0) is 0 Å². The summed E-state index contributed by atoms with van der Waals surface area (Å²) in [6.45, 7) is 5.84. The fraction of sp³-hybridized carbons (Fsp3) is 0.333. The first-order valence-corrected chi connectivity index (χ1v) is 12.3. The minimum absolute atomic E-state index is 0.702. The zero-order valence-electron chi connectivity index (χ0n) is 19.8. The third-order valence-electron chi connectivity index (χ3n) is 5.86. The van der Waals surface area contributed by atoms with Gasteiger partial charge in [0.15, 0.2) is 0 Å². The lowest BCUT2D eigenvalue weighted by Gasteiger charge is -2.19. The molecule has 0 aromatic heterocycles. The first-order valence-electron chi connectivity index (χ1n) is 12.3. The third-order valence-corrected chi connectivity index (χ3v) is 5.86. The van der Waals surface area contributed by atoms with E-state index in [1.807, 2.05) is 36.4 Å². The van der Waals surface area contributed by atoms with Gasteiger partial charge in [-0.05, 0) is 43.2 Å². The molecule has 0 aliphatic rings. The maximum absolute atomic E-state index is 6.43. The topological polar surface area (TPSA) is 27.7 Å². The van der Waals surface area contributed by atoms with Gasteiger partial charge in [-0.1, -0.05) is 82.0 Å². The second kappa shape index (κ2) is 11.6. The average Bonchev–Trinajstić information content (AvgIpc) is 2.85. The fourth-order valence-electron chi connectivity index (χ4n) is 4.13. The summed E-state index contributed by atoms with van der Waals surface area (Å²) >= 11 is 0. The second-order valence-electron chi connectivity index (χ2n) is 8.44. The van der Waals surface area contributed by atoms with Crippen LogP contribution in [0.4, 0.5) is 0 Å². The number of hydrogen-bond acceptors (Lipinski definition) is 3. The summed E-state index contributed by atoms with van der Waals surface area (Å²) < 4.78 is 19.0. The van der Waals surface area contributed by atoms with Crippen LogP contribution >= 0.6 is 0 Å². The summed E-state index contributed by atoms with van der Waals surface area (Å²) in [6.07, 6.45) is 6.78. The second-order valence-corrected chi connectivity index (χ2v) is 8.44. The van der Waals surface area contributed by atoms with Gasteiger partial charge in [0, 0.05) is 21.5 Å². The van der Waals surface area contributed by atoms with Crippen molar-refractivity contribution in [3.63, 3.8) is 0 Å². The molecular formula is C30H34O3. The molecule has 0 radical (unpaired) electrons. The Morgan fingerprint density at radius 3 is 1.67 bits per heavy atom. The molecule has 4 aromatic carbocycles. The molecule has 0 saturated heterocycles. The van der Waals surface area contributed by atoms with E-state index in [2.05, 4.69) is 50.2 Å². The zero-order chi connectivity index (χ0) is 22.9. The monoisotopic (exact) mass is 442 g/mol. The van der Waals surface area contributed by atoms with Crippen molar-refractivity contribution in [2.75, 3.05) is 13.2 Å². The van der Waals surface area contributed by atoms with E-state index in [9.17, 15) is 0 Å². The normalized spacial score (nSPS) is 11.1. The average molecular weight is 443 g/mol. The summed E-state index contributed by atoms with van der Waals surface area (Å²) in [7, 11) is 0. The molecule has 33 heavy (non-hydrogen) atoms. The lowest BCUT2D eigenvalue weighted by Crippen LogP contribution is -2.02. The molecule has 0 spiro atoms. The van der Waals surface area contributed by atoms with Crippen molar-refractivity contribution in [3.05, 3.63) is 72.8 Å². The van der Waals surface area contributed by atoms with Gasteiger partial charge in [0.05, 0.1) is 13.2 Å². The van der Waals surface area contributed by atoms with Gasteiger partial charge in [0.2, 0.25) is 0 Å². The molecule has 0 unspecified atom stereocenters. The number of hydrogen-bond donors (Lipinski definition) is 0. The van der Waals surface area contributed by atoms with Gasteiger partial charge < -0.3 is 14.2 Å². The van der Waals surface area contributed by atoms with E-state index in [-0.39, 0.29) is 0 Å². The van der Waals surface area contributed by atoms with Gasteiger partial charge in [-0.25, -0.2) is 0 Å². The van der Waals surface area contributed by atoms with E-state index in [0.29, 0.717) is 13.2 Å². The van der Waals surface area contributed by atoms with Crippen molar-refractivity contribution >= 4 is 21.5 Å². The van der Waals surface area contributed by atoms with Gasteiger partial charge >= 0.3 is 0 Å². The van der Waals surface area contributed by atoms with Gasteiger partial charge in [0.25, 0.3) is 0 Å². The Morgan fingerprint density at radius 2 is 1.06 bits per heavy atom. The van der Waals surface area contributed by atoms with Crippen LogP contribution in [0.5, 0.6) is 23.0 Å². The van der Waals surface area contributed by atoms with Gasteiger partial charge in [-0.15, -0.1) is 0 Å². The van der Waals surface area contributed by atoms with Crippen LogP contribution in [-0.4, -0.2) is 13.2 Å². The highest BCUT2D eigenvalue weighted by atomic mass is 16.5. The number of ether oxygens (including phenoxy) is 3. The Bertz CT molecular complexity index is 1170. The summed E-state index contributed by atoms with van der Waals surface area (Å²) in [6, 6.07) is 24.5. The molecule has 172 valence electrons. The first kappa shape index (κ1) is 23.0. The minimum Gasteiger partial charge on any atom is -0.492 e. The number of benzene rings is 4. The highest BCUT2D eigenvalue weighted by Gasteiger charge is 2.17. The Morgan fingerprint density at radius 1 is 0.515 bits per heavy atom. The SMILES string of the molecule is CCCCCOc1c2ccccc2c(OCCCCC)c2cc(Oc3ccccc3)ccc12. The smallest absolute Gasteiger partial charge is 0.135 e. The first-order chi connectivity index (χ1) is 16.3.